The van der Waals surface area contributed by atoms with Crippen molar-refractivity contribution < 1.29 is 28.5 Å². The van der Waals surface area contributed by atoms with Crippen LogP contribution in [0.3, 0.4) is 0 Å². The lowest BCUT2D eigenvalue weighted by molar-refractivity contribution is -0.145. The van der Waals surface area contributed by atoms with Crippen LogP contribution in [0.15, 0.2) is 24.3 Å². The maximum absolute atomic E-state index is 12.7. The van der Waals surface area contributed by atoms with Gasteiger partial charge in [0.1, 0.15) is 11.6 Å². The first-order valence-electron chi connectivity index (χ1n) is 11.8. The first kappa shape index (κ1) is 27.6. The molecule has 0 amide bonds. The number of carbonyl (C=O) groups excluding carboxylic acids is 1. The molecule has 0 aliphatic carbocycles. The second kappa shape index (κ2) is 14.0. The second-order valence-corrected chi connectivity index (χ2v) is 7.88. The van der Waals surface area contributed by atoms with Crippen LogP contribution in [-0.2, 0) is 16.0 Å². The fraction of sp³-hybridized carbons (Fsp3) is 0.481. The number of hydrogen-bond acceptors (Lipinski definition) is 8. The van der Waals surface area contributed by atoms with Gasteiger partial charge < -0.3 is 29.0 Å². The Morgan fingerprint density at radius 3 is 2.29 bits per heavy atom. The van der Waals surface area contributed by atoms with Crippen molar-refractivity contribution in [2.75, 3.05) is 46.9 Å². The van der Waals surface area contributed by atoms with Crippen molar-refractivity contribution in [3.8, 4) is 29.1 Å². The predicted octanol–water partition coefficient (Wildman–Crippen LogP) is 5.08. The zero-order valence-electron chi connectivity index (χ0n) is 21.5. The van der Waals surface area contributed by atoms with E-state index in [0.717, 1.165) is 24.8 Å². The molecule has 0 aromatic heterocycles. The third-order valence-electron chi connectivity index (χ3n) is 5.72. The maximum Gasteiger partial charge on any atom is 0.313 e. The normalized spacial score (nSPS) is 11.2. The number of rotatable bonds is 14. The number of esters is 1. The van der Waals surface area contributed by atoms with Gasteiger partial charge in [-0.3, -0.25) is 4.79 Å². The summed E-state index contributed by atoms with van der Waals surface area (Å²) in [6.07, 6.45) is 2.96. The van der Waals surface area contributed by atoms with E-state index in [1.165, 1.54) is 14.2 Å². The third kappa shape index (κ3) is 6.72. The SMILES string of the molecule is CCCC(C(=O)OCC)c1cc(NCCCc2ccc(OC)c(OC)c2)c(OC)c(OC)c1C#N. The topological polar surface area (TPSA) is 99.0 Å². The Labute approximate surface area is 208 Å². The molecule has 8 heteroatoms. The largest absolute Gasteiger partial charge is 0.493 e. The summed E-state index contributed by atoms with van der Waals surface area (Å²) in [4.78, 5) is 12.7. The fourth-order valence-corrected chi connectivity index (χ4v) is 4.06. The van der Waals surface area contributed by atoms with Crippen LogP contribution in [0.25, 0.3) is 0 Å². The summed E-state index contributed by atoms with van der Waals surface area (Å²) >= 11 is 0. The van der Waals surface area contributed by atoms with Crippen LogP contribution in [0.1, 0.15) is 55.7 Å². The van der Waals surface area contributed by atoms with Crippen molar-refractivity contribution in [2.45, 2.75) is 45.4 Å². The van der Waals surface area contributed by atoms with Crippen molar-refractivity contribution in [2.24, 2.45) is 0 Å². The zero-order chi connectivity index (χ0) is 25.8. The number of benzene rings is 2. The van der Waals surface area contributed by atoms with Crippen LogP contribution >= 0.6 is 0 Å². The van der Waals surface area contributed by atoms with Crippen LogP contribution in [0.4, 0.5) is 5.69 Å². The summed E-state index contributed by atoms with van der Waals surface area (Å²) in [5, 5.41) is 13.3. The van der Waals surface area contributed by atoms with E-state index in [1.54, 1.807) is 21.1 Å². The van der Waals surface area contributed by atoms with E-state index in [0.29, 0.717) is 47.2 Å². The summed E-state index contributed by atoms with van der Waals surface area (Å²) in [6.45, 7) is 4.67. The average molecular weight is 485 g/mol. The van der Waals surface area contributed by atoms with E-state index in [2.05, 4.69) is 11.4 Å². The van der Waals surface area contributed by atoms with Gasteiger partial charge in [-0.05, 0) is 55.5 Å². The molecule has 2 rings (SSSR count). The molecule has 2 aromatic rings. The Hall–Kier alpha value is -3.60. The summed E-state index contributed by atoms with van der Waals surface area (Å²) in [6, 6.07) is 9.89. The molecule has 1 unspecified atom stereocenters. The average Bonchev–Trinajstić information content (AvgIpc) is 2.88. The Balaban J connectivity index is 2.31. The molecular formula is C27H36N2O6. The first-order valence-corrected chi connectivity index (χ1v) is 11.8. The van der Waals surface area contributed by atoms with Crippen LogP contribution in [0.5, 0.6) is 23.0 Å². The minimum atomic E-state index is -0.568. The van der Waals surface area contributed by atoms with E-state index in [9.17, 15) is 10.1 Å². The van der Waals surface area contributed by atoms with Crippen LogP contribution in [0, 0.1) is 11.3 Å². The minimum Gasteiger partial charge on any atom is -0.493 e. The van der Waals surface area contributed by atoms with E-state index in [-0.39, 0.29) is 18.1 Å². The van der Waals surface area contributed by atoms with Crippen LogP contribution in [-0.4, -0.2) is 47.6 Å². The summed E-state index contributed by atoms with van der Waals surface area (Å²) in [5.74, 6) is 1.21. The maximum atomic E-state index is 12.7. The van der Waals surface area contributed by atoms with E-state index in [4.69, 9.17) is 23.7 Å². The number of methoxy groups -OCH3 is 4. The van der Waals surface area contributed by atoms with Crippen molar-refractivity contribution in [3.05, 3.63) is 41.0 Å². The van der Waals surface area contributed by atoms with Crippen molar-refractivity contribution >= 4 is 11.7 Å². The number of nitrogens with one attached hydrogen (secondary N) is 1. The lowest BCUT2D eigenvalue weighted by Crippen LogP contribution is -2.18. The summed E-state index contributed by atoms with van der Waals surface area (Å²) in [7, 11) is 6.25. The Morgan fingerprint density at radius 2 is 1.71 bits per heavy atom. The summed E-state index contributed by atoms with van der Waals surface area (Å²) < 4.78 is 27.2. The number of aryl methyl sites for hydroxylation is 1. The molecule has 35 heavy (non-hydrogen) atoms. The van der Waals surface area contributed by atoms with Crippen LogP contribution in [0.2, 0.25) is 0 Å². The van der Waals surface area contributed by atoms with Gasteiger partial charge in [-0.15, -0.1) is 0 Å². The van der Waals surface area contributed by atoms with Gasteiger partial charge in [-0.1, -0.05) is 19.4 Å². The molecule has 0 heterocycles. The highest BCUT2D eigenvalue weighted by atomic mass is 16.5. The van der Waals surface area contributed by atoms with Gasteiger partial charge >= 0.3 is 5.97 Å². The van der Waals surface area contributed by atoms with Gasteiger partial charge in [0.25, 0.3) is 0 Å². The molecule has 0 bridgehead atoms. The van der Waals surface area contributed by atoms with E-state index in [1.807, 2.05) is 31.2 Å². The molecular weight excluding hydrogens is 448 g/mol. The highest BCUT2D eigenvalue weighted by molar-refractivity contribution is 5.82. The number of nitriles is 1. The number of hydrogen-bond donors (Lipinski definition) is 1. The lowest BCUT2D eigenvalue weighted by Gasteiger charge is -2.22. The first-order chi connectivity index (χ1) is 17.0. The molecule has 8 nitrogen and oxygen atoms in total. The highest BCUT2D eigenvalue weighted by Crippen LogP contribution is 2.43. The lowest BCUT2D eigenvalue weighted by atomic mass is 9.89. The molecule has 0 spiro atoms. The molecule has 1 N–H and O–H groups in total. The van der Waals surface area contributed by atoms with E-state index >= 15 is 0 Å². The Kier molecular flexibility index (Phi) is 11.0. The molecule has 0 fully saturated rings. The third-order valence-corrected chi connectivity index (χ3v) is 5.72. The molecule has 1 atom stereocenters. The van der Waals surface area contributed by atoms with Gasteiger partial charge in [-0.2, -0.15) is 5.26 Å². The monoisotopic (exact) mass is 484 g/mol. The smallest absolute Gasteiger partial charge is 0.313 e. The van der Waals surface area contributed by atoms with E-state index < -0.39 is 5.92 Å². The zero-order valence-corrected chi connectivity index (χ0v) is 21.5. The van der Waals surface area contributed by atoms with Gasteiger partial charge in [-0.25, -0.2) is 0 Å². The minimum absolute atomic E-state index is 0.273. The fourth-order valence-electron chi connectivity index (χ4n) is 4.06. The van der Waals surface area contributed by atoms with Crippen molar-refractivity contribution in [1.29, 1.82) is 5.26 Å². The standard InChI is InChI=1S/C27H36N2O6/c1-7-10-19(27(30)35-8-2)20-16-22(26(34-6)25(33-5)21(20)17-28)29-14-9-11-18-12-13-23(31-3)24(15-18)32-4/h12-13,15-16,19,29H,7-11,14H2,1-6H3. The molecule has 0 saturated carbocycles. The molecule has 2 aromatic carbocycles. The molecule has 0 aliphatic heterocycles. The second-order valence-electron chi connectivity index (χ2n) is 7.88. The highest BCUT2D eigenvalue weighted by Gasteiger charge is 2.29. The van der Waals surface area contributed by atoms with Gasteiger partial charge in [0.15, 0.2) is 23.0 Å². The van der Waals surface area contributed by atoms with Gasteiger partial charge in [0, 0.05) is 6.54 Å². The number of ether oxygens (including phenoxy) is 5. The summed E-state index contributed by atoms with van der Waals surface area (Å²) in [5.41, 5.74) is 2.65. The number of carbonyl (C=O) groups is 1. The van der Waals surface area contributed by atoms with Gasteiger partial charge in [0.05, 0.1) is 46.7 Å². The molecule has 0 aliphatic rings. The van der Waals surface area contributed by atoms with Crippen molar-refractivity contribution in [1.82, 2.24) is 0 Å². The van der Waals surface area contributed by atoms with Crippen LogP contribution < -0.4 is 24.3 Å². The molecule has 0 radical (unpaired) electrons. The quantitative estimate of drug-likeness (QED) is 0.293. The number of anilines is 1. The molecule has 0 saturated heterocycles. The Morgan fingerprint density at radius 1 is 1.00 bits per heavy atom. The molecule has 190 valence electrons. The number of nitrogens with zero attached hydrogens (tertiary/aromatic N) is 1. The Bertz CT molecular complexity index is 1030. The predicted molar refractivity (Wildman–Crippen MR) is 135 cm³/mol. The van der Waals surface area contributed by atoms with Crippen molar-refractivity contribution in [3.63, 3.8) is 0 Å². The van der Waals surface area contributed by atoms with Gasteiger partial charge in [0.2, 0.25) is 0 Å².